The molecule has 20 heavy (non-hydrogen) atoms. The molecule has 0 aliphatic rings. The third-order valence-corrected chi connectivity index (χ3v) is 3.37. The van der Waals surface area contributed by atoms with E-state index in [2.05, 4.69) is 5.32 Å². The van der Waals surface area contributed by atoms with E-state index in [1.54, 1.807) is 35.0 Å². The number of pyridine rings is 1. The van der Waals surface area contributed by atoms with Gasteiger partial charge in [0.25, 0.3) is 5.56 Å². The van der Waals surface area contributed by atoms with Gasteiger partial charge < -0.3 is 15.0 Å². The molecule has 0 fully saturated rings. The molecule has 0 radical (unpaired) electrons. The maximum absolute atomic E-state index is 11.6. The molecule has 1 aromatic heterocycles. The highest BCUT2D eigenvalue weighted by Gasteiger charge is 2.06. The minimum Gasteiger partial charge on any atom is -0.508 e. The number of nitrogens with zero attached hydrogens (tertiary/aromatic N) is 1. The zero-order valence-corrected chi connectivity index (χ0v) is 12.0. The molecule has 0 unspecified atom stereocenters. The van der Waals surface area contributed by atoms with E-state index in [4.69, 9.17) is 11.6 Å². The van der Waals surface area contributed by atoms with Crippen molar-refractivity contribution >= 4 is 17.3 Å². The Morgan fingerprint density at radius 2 is 2.10 bits per heavy atom. The summed E-state index contributed by atoms with van der Waals surface area (Å²) in [5.41, 5.74) is 1.44. The number of aryl methyl sites for hydroxylation is 1. The van der Waals surface area contributed by atoms with Crippen molar-refractivity contribution in [3.8, 4) is 5.75 Å². The number of nitrogens with one attached hydrogen (secondary N) is 1. The number of hydrogen-bond donors (Lipinski definition) is 2. The lowest BCUT2D eigenvalue weighted by Gasteiger charge is -2.11. The summed E-state index contributed by atoms with van der Waals surface area (Å²) in [5.74, 6) is 0.159. The Balaban J connectivity index is 2.15. The van der Waals surface area contributed by atoms with Crippen LogP contribution in [0.3, 0.4) is 0 Å². The highest BCUT2D eigenvalue weighted by Crippen LogP contribution is 2.25. The van der Waals surface area contributed by atoms with Crippen LogP contribution in [0.25, 0.3) is 0 Å². The van der Waals surface area contributed by atoms with Gasteiger partial charge in [0.2, 0.25) is 0 Å². The first-order valence-electron chi connectivity index (χ1n) is 6.52. The fraction of sp³-hybridized carbons (Fsp3) is 0.267. The van der Waals surface area contributed by atoms with Crippen molar-refractivity contribution in [2.24, 2.45) is 0 Å². The number of rotatable bonds is 5. The minimum absolute atomic E-state index is 0.0157. The SMILES string of the molecule is CCCn1cc(NCc2c(O)cccc2Cl)ccc1=O. The van der Waals surface area contributed by atoms with Crippen LogP contribution < -0.4 is 10.9 Å². The van der Waals surface area contributed by atoms with E-state index in [-0.39, 0.29) is 11.3 Å². The van der Waals surface area contributed by atoms with E-state index < -0.39 is 0 Å². The number of anilines is 1. The van der Waals surface area contributed by atoms with Gasteiger partial charge in [0, 0.05) is 35.9 Å². The van der Waals surface area contributed by atoms with Crippen LogP contribution in [-0.4, -0.2) is 9.67 Å². The minimum atomic E-state index is -0.0157. The van der Waals surface area contributed by atoms with Crippen LogP contribution >= 0.6 is 11.6 Å². The lowest BCUT2D eigenvalue weighted by molar-refractivity contribution is 0.469. The second kappa shape index (κ2) is 6.48. The number of aromatic hydroxyl groups is 1. The molecule has 0 atom stereocenters. The van der Waals surface area contributed by atoms with E-state index in [9.17, 15) is 9.90 Å². The van der Waals surface area contributed by atoms with Gasteiger partial charge >= 0.3 is 0 Å². The predicted molar refractivity (Wildman–Crippen MR) is 81.4 cm³/mol. The van der Waals surface area contributed by atoms with Gasteiger partial charge in [-0.15, -0.1) is 0 Å². The Labute approximate surface area is 122 Å². The van der Waals surface area contributed by atoms with Crippen LogP contribution in [0.2, 0.25) is 5.02 Å². The summed E-state index contributed by atoms with van der Waals surface area (Å²) in [6.07, 6.45) is 2.67. The number of phenolic OH excluding ortho intramolecular Hbond substituents is 1. The average Bonchev–Trinajstić information content (AvgIpc) is 2.42. The largest absolute Gasteiger partial charge is 0.508 e. The van der Waals surface area contributed by atoms with E-state index in [1.807, 2.05) is 6.92 Å². The third kappa shape index (κ3) is 3.33. The summed E-state index contributed by atoms with van der Waals surface area (Å²) in [7, 11) is 0. The fourth-order valence-corrected chi connectivity index (χ4v) is 2.20. The molecule has 0 amide bonds. The lowest BCUT2D eigenvalue weighted by atomic mass is 10.2. The van der Waals surface area contributed by atoms with Crippen molar-refractivity contribution in [1.29, 1.82) is 0 Å². The first-order valence-corrected chi connectivity index (χ1v) is 6.90. The second-order valence-electron chi connectivity index (χ2n) is 4.54. The number of phenols is 1. The van der Waals surface area contributed by atoms with Crippen LogP contribution in [0, 0.1) is 0 Å². The second-order valence-corrected chi connectivity index (χ2v) is 4.95. The molecule has 0 saturated heterocycles. The smallest absolute Gasteiger partial charge is 0.250 e. The third-order valence-electron chi connectivity index (χ3n) is 3.01. The molecule has 0 spiro atoms. The topological polar surface area (TPSA) is 54.3 Å². The van der Waals surface area contributed by atoms with Gasteiger partial charge in [-0.25, -0.2) is 0 Å². The van der Waals surface area contributed by atoms with E-state index >= 15 is 0 Å². The van der Waals surface area contributed by atoms with E-state index in [0.29, 0.717) is 23.7 Å². The molecule has 1 aromatic carbocycles. The zero-order valence-electron chi connectivity index (χ0n) is 11.3. The van der Waals surface area contributed by atoms with Gasteiger partial charge in [0.15, 0.2) is 0 Å². The van der Waals surface area contributed by atoms with Gasteiger partial charge in [0.05, 0.1) is 5.69 Å². The van der Waals surface area contributed by atoms with Gasteiger partial charge in [-0.05, 0) is 24.6 Å². The fourth-order valence-electron chi connectivity index (χ4n) is 1.96. The molecule has 0 saturated carbocycles. The number of halogens is 1. The van der Waals surface area contributed by atoms with Crippen LogP contribution in [0.4, 0.5) is 5.69 Å². The summed E-state index contributed by atoms with van der Waals surface area (Å²) in [6.45, 7) is 3.11. The van der Waals surface area contributed by atoms with E-state index in [1.165, 1.54) is 6.07 Å². The first-order chi connectivity index (χ1) is 9.61. The molecule has 106 valence electrons. The van der Waals surface area contributed by atoms with Crippen molar-refractivity contribution in [1.82, 2.24) is 4.57 Å². The molecule has 2 aromatic rings. The summed E-state index contributed by atoms with van der Waals surface area (Å²) in [4.78, 5) is 11.6. The Bertz CT molecular complexity index is 632. The van der Waals surface area contributed by atoms with Gasteiger partial charge in [-0.2, -0.15) is 0 Å². The molecule has 2 N–H and O–H groups in total. The van der Waals surface area contributed by atoms with Crippen LogP contribution in [0.15, 0.2) is 41.3 Å². The lowest BCUT2D eigenvalue weighted by Crippen LogP contribution is -2.18. The maximum Gasteiger partial charge on any atom is 0.250 e. The Hall–Kier alpha value is -1.94. The highest BCUT2D eigenvalue weighted by molar-refractivity contribution is 6.31. The molecule has 5 heteroatoms. The molecule has 1 heterocycles. The van der Waals surface area contributed by atoms with Gasteiger partial charge in [-0.3, -0.25) is 4.79 Å². The number of hydrogen-bond acceptors (Lipinski definition) is 3. The summed E-state index contributed by atoms with van der Waals surface area (Å²) < 4.78 is 1.66. The van der Waals surface area contributed by atoms with Crippen molar-refractivity contribution in [3.05, 3.63) is 57.5 Å². The number of benzene rings is 1. The summed E-state index contributed by atoms with van der Waals surface area (Å²) >= 11 is 6.05. The standard InChI is InChI=1S/C15H17ClN2O2/c1-2-8-18-10-11(6-7-15(18)20)17-9-12-13(16)4-3-5-14(12)19/h3-7,10,17,19H,2,8-9H2,1H3. The normalized spacial score (nSPS) is 10.5. The highest BCUT2D eigenvalue weighted by atomic mass is 35.5. The van der Waals surface area contributed by atoms with Crippen LogP contribution in [0.1, 0.15) is 18.9 Å². The molecule has 4 nitrogen and oxygen atoms in total. The van der Waals surface area contributed by atoms with Crippen molar-refractivity contribution < 1.29 is 5.11 Å². The average molecular weight is 293 g/mol. The van der Waals surface area contributed by atoms with Crippen LogP contribution in [0.5, 0.6) is 5.75 Å². The Kier molecular flexibility index (Phi) is 4.69. The van der Waals surface area contributed by atoms with Gasteiger partial charge in [-0.1, -0.05) is 24.6 Å². The molecular weight excluding hydrogens is 276 g/mol. The predicted octanol–water partition coefficient (Wildman–Crippen LogP) is 3.23. The van der Waals surface area contributed by atoms with Gasteiger partial charge in [0.1, 0.15) is 5.75 Å². The first kappa shape index (κ1) is 14.5. The zero-order chi connectivity index (χ0) is 14.5. The van der Waals surface area contributed by atoms with Crippen molar-refractivity contribution in [2.45, 2.75) is 26.4 Å². The number of aromatic nitrogens is 1. The quantitative estimate of drug-likeness (QED) is 0.889. The van der Waals surface area contributed by atoms with E-state index in [0.717, 1.165) is 12.1 Å². The molecule has 0 bridgehead atoms. The Morgan fingerprint density at radius 3 is 2.80 bits per heavy atom. The Morgan fingerprint density at radius 1 is 1.30 bits per heavy atom. The van der Waals surface area contributed by atoms with Crippen molar-refractivity contribution in [3.63, 3.8) is 0 Å². The summed E-state index contributed by atoms with van der Waals surface area (Å²) in [5, 5.41) is 13.5. The maximum atomic E-state index is 11.6. The van der Waals surface area contributed by atoms with Crippen molar-refractivity contribution in [2.75, 3.05) is 5.32 Å². The van der Waals surface area contributed by atoms with Crippen LogP contribution in [-0.2, 0) is 13.1 Å². The summed E-state index contributed by atoms with van der Waals surface area (Å²) in [6, 6.07) is 8.28. The molecule has 0 aliphatic heterocycles. The monoisotopic (exact) mass is 292 g/mol. The molecule has 2 rings (SSSR count). The molecular formula is C15H17ClN2O2. The molecule has 0 aliphatic carbocycles.